The van der Waals surface area contributed by atoms with Crippen LogP contribution in [0.4, 0.5) is 11.4 Å². The molecule has 2 heterocycles. The Morgan fingerprint density at radius 3 is 1.91 bits per heavy atom. The van der Waals surface area contributed by atoms with Crippen LogP contribution < -0.4 is 14.2 Å². The number of hydrogen-bond acceptors (Lipinski definition) is 12. The highest BCUT2D eigenvalue weighted by Crippen LogP contribution is 2.39. The number of nitrogens with zero attached hydrogens (tertiary/aromatic N) is 4. The maximum Gasteiger partial charge on any atom is 0.302 e. The first-order valence-electron chi connectivity index (χ1n) is 20.0. The van der Waals surface area contributed by atoms with Crippen LogP contribution in [0.25, 0.3) is 0 Å². The Hall–Kier alpha value is -4.77. The molecule has 0 saturated carbocycles. The van der Waals surface area contributed by atoms with E-state index in [-0.39, 0.29) is 71.5 Å². The Kier molecular flexibility index (Phi) is 15.3. The van der Waals surface area contributed by atoms with E-state index in [0.717, 1.165) is 12.8 Å². The number of likely N-dealkylation sites (tertiary alicyclic amines) is 2. The van der Waals surface area contributed by atoms with Gasteiger partial charge in [0.05, 0.1) is 61.5 Å². The molecule has 4 rings (SSSR count). The zero-order chi connectivity index (χ0) is 43.1. The van der Waals surface area contributed by atoms with Gasteiger partial charge in [0.1, 0.15) is 23.0 Å². The zero-order valence-electron chi connectivity index (χ0n) is 35.6. The van der Waals surface area contributed by atoms with E-state index in [2.05, 4.69) is 40.8 Å². The van der Waals surface area contributed by atoms with Gasteiger partial charge < -0.3 is 33.2 Å². The summed E-state index contributed by atoms with van der Waals surface area (Å²) in [5.41, 5.74) is -0.316. The molecule has 2 aromatic rings. The summed E-state index contributed by atoms with van der Waals surface area (Å²) in [4.78, 5) is 65.7. The molecule has 0 aliphatic carbocycles. The van der Waals surface area contributed by atoms with Crippen molar-refractivity contribution in [3.8, 4) is 17.2 Å². The number of aryl methyl sites for hydroxylation is 1. The first kappa shape index (κ1) is 45.9. The lowest BCUT2D eigenvalue weighted by atomic mass is 10.1. The summed E-state index contributed by atoms with van der Waals surface area (Å²) < 4.78 is 29.2. The van der Waals surface area contributed by atoms with Crippen molar-refractivity contribution in [3.63, 3.8) is 0 Å². The molecule has 2 fully saturated rings. The van der Waals surface area contributed by atoms with Crippen LogP contribution in [0.15, 0.2) is 24.3 Å². The van der Waals surface area contributed by atoms with Gasteiger partial charge >= 0.3 is 5.97 Å². The second-order valence-electron chi connectivity index (χ2n) is 16.9. The molecule has 2 aliphatic rings. The van der Waals surface area contributed by atoms with Gasteiger partial charge in [0.2, 0.25) is 0 Å². The van der Waals surface area contributed by atoms with Gasteiger partial charge in [-0.25, -0.2) is 0 Å². The Bertz CT molecular complexity index is 1850. The monoisotopic (exact) mass is 828 g/mol. The Labute approximate surface area is 341 Å². The van der Waals surface area contributed by atoms with E-state index in [1.54, 1.807) is 11.8 Å². The molecule has 0 bridgehead atoms. The molecule has 4 atom stereocenters. The largest absolute Gasteiger partial charge is 0.493 e. The van der Waals surface area contributed by atoms with Crippen molar-refractivity contribution in [1.82, 2.24) is 9.80 Å². The van der Waals surface area contributed by atoms with Gasteiger partial charge in [-0.05, 0) is 74.7 Å². The van der Waals surface area contributed by atoms with E-state index < -0.39 is 53.8 Å². The van der Waals surface area contributed by atoms with Crippen LogP contribution in [0.2, 0.25) is 18.1 Å². The fourth-order valence-corrected chi connectivity index (χ4v) is 8.30. The molecule has 58 heavy (non-hydrogen) atoms. The van der Waals surface area contributed by atoms with Crippen molar-refractivity contribution < 1.29 is 47.6 Å². The van der Waals surface area contributed by atoms with E-state index >= 15 is 0 Å². The van der Waals surface area contributed by atoms with Crippen LogP contribution >= 0.6 is 0 Å². The number of nitro benzene ring substituents is 2. The predicted octanol–water partition coefficient (Wildman–Crippen LogP) is 7.88. The molecule has 2 saturated heterocycles. The third-order valence-electron chi connectivity index (χ3n) is 11.5. The lowest BCUT2D eigenvalue weighted by molar-refractivity contribution is -0.385. The first-order chi connectivity index (χ1) is 27.2. The number of hydrogen-bond donors (Lipinski definition) is 0. The topological polar surface area (TPSA) is 190 Å². The lowest BCUT2D eigenvalue weighted by Crippen LogP contribution is -2.46. The van der Waals surface area contributed by atoms with E-state index in [1.807, 2.05) is 6.92 Å². The lowest BCUT2D eigenvalue weighted by Gasteiger charge is -2.38. The summed E-state index contributed by atoms with van der Waals surface area (Å²) in [7, 11) is -0.781. The van der Waals surface area contributed by atoms with Gasteiger partial charge in [0.25, 0.3) is 23.2 Å². The van der Waals surface area contributed by atoms with Crippen LogP contribution in [0.1, 0.15) is 106 Å². The van der Waals surface area contributed by atoms with Gasteiger partial charge in [-0.1, -0.05) is 34.6 Å². The summed E-state index contributed by atoms with van der Waals surface area (Å²) in [5.74, 6) is -0.452. The number of carbonyl (C=O) groups is 3. The Morgan fingerprint density at radius 1 is 0.828 bits per heavy atom. The molecular formula is C41H60N4O12Si. The second kappa shape index (κ2) is 19.3. The fraction of sp³-hybridized carbons (Fsp3) is 0.634. The maximum absolute atomic E-state index is 14.0. The molecule has 16 nitrogen and oxygen atoms in total. The summed E-state index contributed by atoms with van der Waals surface area (Å²) in [6.45, 7) is 18.9. The van der Waals surface area contributed by atoms with Crippen molar-refractivity contribution in [2.45, 2.75) is 123 Å². The normalized spacial score (nSPS) is 19.6. The zero-order valence-corrected chi connectivity index (χ0v) is 36.6. The number of carbonyl (C=O) groups excluding carboxylic acids is 3. The van der Waals surface area contributed by atoms with Crippen molar-refractivity contribution >= 4 is 37.5 Å². The SMILES string of the molecule is CC[C@@H]1C[C@@H](C)CN1C(=O)c1cc(OC)c(OCCCCCOc2cc([N+](=O)[O-])c(C(=O)N3C[C@H](OC(C)=O)C[C@H]3CO[Si](C)(C)C(C)(C)C)cc2C)cc1[N+](=O)[O-]. The van der Waals surface area contributed by atoms with Crippen LogP contribution in [-0.2, 0) is 14.0 Å². The van der Waals surface area contributed by atoms with Crippen molar-refractivity contribution in [1.29, 1.82) is 0 Å². The molecule has 0 unspecified atom stereocenters. The number of esters is 1. The summed E-state index contributed by atoms with van der Waals surface area (Å²) >= 11 is 0. The highest BCUT2D eigenvalue weighted by atomic mass is 28.4. The third kappa shape index (κ3) is 11.0. The van der Waals surface area contributed by atoms with Crippen LogP contribution in [0.3, 0.4) is 0 Å². The highest BCUT2D eigenvalue weighted by Gasteiger charge is 2.43. The summed E-state index contributed by atoms with van der Waals surface area (Å²) in [6, 6.07) is 4.94. The average Bonchev–Trinajstić information content (AvgIpc) is 3.74. The predicted molar refractivity (Wildman–Crippen MR) is 219 cm³/mol. The summed E-state index contributed by atoms with van der Waals surface area (Å²) in [5, 5.41) is 24.3. The first-order valence-corrected chi connectivity index (χ1v) is 22.9. The van der Waals surface area contributed by atoms with E-state index in [1.165, 1.54) is 43.2 Å². The number of amides is 2. The number of unbranched alkanes of at least 4 members (excludes halogenated alkanes) is 2. The fourth-order valence-electron chi connectivity index (χ4n) is 7.26. The molecule has 2 amide bonds. The standard InChI is InChI=1S/C41H60N4O12Si/c1-11-29-17-26(2)23-42(29)40(48)33-20-37(53-8)38(22-35(33)45(51)52)55-16-14-12-13-15-54-36-21-34(44(49)50)32(18-27(36)3)39(47)43-24-31(57-28(4)46)19-30(43)25-56-58(9,10)41(5,6)7/h18,20-22,26,29-31H,11-17,19,23-25H2,1-10H3/t26-,29-,30+,31-/m1/s1. The molecule has 0 radical (unpaired) electrons. The minimum Gasteiger partial charge on any atom is -0.493 e. The number of methoxy groups -OCH3 is 1. The van der Waals surface area contributed by atoms with Crippen molar-refractivity contribution in [2.75, 3.05) is 40.0 Å². The minimum absolute atomic E-state index is 0.0196. The van der Waals surface area contributed by atoms with E-state index in [0.29, 0.717) is 43.7 Å². The number of ether oxygens (including phenoxy) is 4. The van der Waals surface area contributed by atoms with Gasteiger partial charge in [-0.2, -0.15) is 0 Å². The van der Waals surface area contributed by atoms with Crippen molar-refractivity contribution in [3.05, 3.63) is 61.2 Å². The Morgan fingerprint density at radius 2 is 1.38 bits per heavy atom. The molecular weight excluding hydrogens is 769 g/mol. The van der Waals surface area contributed by atoms with Gasteiger partial charge in [-0.3, -0.25) is 34.6 Å². The van der Waals surface area contributed by atoms with E-state index in [9.17, 15) is 34.6 Å². The average molecular weight is 829 g/mol. The van der Waals surface area contributed by atoms with Gasteiger partial charge in [0, 0.05) is 32.0 Å². The molecule has 320 valence electrons. The quantitative estimate of drug-likeness (QED) is 0.0465. The number of benzene rings is 2. The van der Waals surface area contributed by atoms with E-state index in [4.69, 9.17) is 23.4 Å². The van der Waals surface area contributed by atoms with Crippen LogP contribution in [0.5, 0.6) is 17.2 Å². The third-order valence-corrected chi connectivity index (χ3v) is 16.0. The van der Waals surface area contributed by atoms with Gasteiger partial charge in [-0.15, -0.1) is 0 Å². The smallest absolute Gasteiger partial charge is 0.302 e. The molecule has 0 spiro atoms. The van der Waals surface area contributed by atoms with Crippen LogP contribution in [0, 0.1) is 33.1 Å². The van der Waals surface area contributed by atoms with Gasteiger partial charge in [0.15, 0.2) is 19.8 Å². The molecule has 2 aromatic carbocycles. The van der Waals surface area contributed by atoms with Crippen molar-refractivity contribution in [2.24, 2.45) is 5.92 Å². The molecule has 2 aliphatic heterocycles. The number of rotatable bonds is 18. The second-order valence-corrected chi connectivity index (χ2v) is 21.7. The number of nitro groups is 2. The highest BCUT2D eigenvalue weighted by molar-refractivity contribution is 6.74. The molecule has 0 N–H and O–H groups in total. The molecule has 17 heteroatoms. The minimum atomic E-state index is -2.20. The van der Waals surface area contributed by atoms with Crippen LogP contribution in [-0.4, -0.2) is 104 Å². The Balaban J connectivity index is 1.37. The molecule has 0 aromatic heterocycles. The maximum atomic E-state index is 14.0. The summed E-state index contributed by atoms with van der Waals surface area (Å²) in [6.07, 6.45) is 3.17.